The fourth-order valence-electron chi connectivity index (χ4n) is 3.69. The summed E-state index contributed by atoms with van der Waals surface area (Å²) < 4.78 is 0. The van der Waals surface area contributed by atoms with Crippen molar-refractivity contribution in [3.8, 4) is 0 Å². The molecule has 4 rings (SSSR count). The predicted molar refractivity (Wildman–Crippen MR) is 64.1 cm³/mol. The van der Waals surface area contributed by atoms with Gasteiger partial charge in [0.1, 0.15) is 0 Å². The summed E-state index contributed by atoms with van der Waals surface area (Å²) in [5.74, 6) is 4.03. The Morgan fingerprint density at radius 3 is 2.20 bits per heavy atom. The molecular weight excluding hydrogens is 206 g/mol. The van der Waals surface area contributed by atoms with Crippen molar-refractivity contribution in [1.29, 1.82) is 0 Å². The summed E-state index contributed by atoms with van der Waals surface area (Å²) in [6, 6.07) is 0.512. The molecule has 86 valence electrons. The molecule has 4 saturated heterocycles. The van der Waals surface area contributed by atoms with E-state index >= 15 is 0 Å². The first-order chi connectivity index (χ1) is 7.36. The number of piperidine rings is 3. The summed E-state index contributed by atoms with van der Waals surface area (Å²) in [5.41, 5.74) is 0. The fraction of sp³-hybridized carbons (Fsp3) is 1.00. The van der Waals surface area contributed by atoms with Gasteiger partial charge in [-0.2, -0.15) is 11.8 Å². The van der Waals surface area contributed by atoms with E-state index in [0.717, 1.165) is 5.92 Å². The zero-order valence-electron chi connectivity index (χ0n) is 9.27. The van der Waals surface area contributed by atoms with Crippen LogP contribution in [-0.2, 0) is 0 Å². The maximum atomic E-state index is 10.4. The van der Waals surface area contributed by atoms with Crippen LogP contribution in [0.15, 0.2) is 0 Å². The van der Waals surface area contributed by atoms with Gasteiger partial charge in [-0.05, 0) is 62.1 Å². The van der Waals surface area contributed by atoms with Crippen molar-refractivity contribution in [2.24, 2.45) is 11.8 Å². The largest absolute Gasteiger partial charge is 0.391 e. The minimum absolute atomic E-state index is 0.0133. The topological polar surface area (TPSA) is 23.5 Å². The number of rotatable bonds is 1. The zero-order chi connectivity index (χ0) is 10.3. The number of thioether (sulfide) groups is 1. The van der Waals surface area contributed by atoms with Crippen LogP contribution in [0.1, 0.15) is 25.7 Å². The van der Waals surface area contributed by atoms with E-state index in [4.69, 9.17) is 0 Å². The molecule has 0 aromatic heterocycles. The van der Waals surface area contributed by atoms with Crippen molar-refractivity contribution in [3.63, 3.8) is 0 Å². The van der Waals surface area contributed by atoms with Gasteiger partial charge in [-0.3, -0.25) is 4.90 Å². The van der Waals surface area contributed by atoms with Crippen molar-refractivity contribution in [2.75, 3.05) is 24.6 Å². The van der Waals surface area contributed by atoms with Gasteiger partial charge in [0.25, 0.3) is 0 Å². The number of nitrogens with zero attached hydrogens (tertiary/aromatic N) is 1. The first kappa shape index (κ1) is 10.4. The minimum atomic E-state index is -0.0133. The second-order valence-electron chi connectivity index (χ2n) is 5.30. The Labute approximate surface area is 96.4 Å². The molecule has 0 amide bonds. The lowest BCUT2D eigenvalue weighted by atomic mass is 9.74. The van der Waals surface area contributed by atoms with Gasteiger partial charge in [0.05, 0.1) is 6.10 Å². The smallest absolute Gasteiger partial charge is 0.0727 e. The van der Waals surface area contributed by atoms with Gasteiger partial charge in [-0.25, -0.2) is 0 Å². The van der Waals surface area contributed by atoms with E-state index in [1.54, 1.807) is 0 Å². The van der Waals surface area contributed by atoms with Gasteiger partial charge in [-0.15, -0.1) is 0 Å². The van der Waals surface area contributed by atoms with Crippen molar-refractivity contribution >= 4 is 11.8 Å². The summed E-state index contributed by atoms with van der Waals surface area (Å²) in [4.78, 5) is 2.57. The van der Waals surface area contributed by atoms with Crippen LogP contribution in [0.5, 0.6) is 0 Å². The average molecular weight is 227 g/mol. The fourth-order valence-corrected chi connectivity index (χ4v) is 4.83. The van der Waals surface area contributed by atoms with Crippen LogP contribution in [0.3, 0.4) is 0 Å². The van der Waals surface area contributed by atoms with Gasteiger partial charge in [0.15, 0.2) is 0 Å². The van der Waals surface area contributed by atoms with Crippen LogP contribution in [0.2, 0.25) is 0 Å². The summed E-state index contributed by atoms with van der Waals surface area (Å²) in [7, 11) is 0. The molecule has 0 saturated carbocycles. The normalized spacial score (nSPS) is 47.0. The monoisotopic (exact) mass is 227 g/mol. The van der Waals surface area contributed by atoms with Gasteiger partial charge in [-0.1, -0.05) is 0 Å². The molecule has 4 aliphatic rings. The molecule has 0 radical (unpaired) electrons. The maximum Gasteiger partial charge on any atom is 0.0727 e. The van der Waals surface area contributed by atoms with Crippen LogP contribution >= 0.6 is 11.8 Å². The number of hydrogen-bond donors (Lipinski definition) is 1. The third-order valence-electron chi connectivity index (χ3n) is 4.58. The quantitative estimate of drug-likeness (QED) is 0.736. The van der Waals surface area contributed by atoms with Gasteiger partial charge in [0, 0.05) is 6.04 Å². The summed E-state index contributed by atoms with van der Waals surface area (Å²) in [5, 5.41) is 10.4. The summed E-state index contributed by atoms with van der Waals surface area (Å²) in [6.45, 7) is 2.49. The second kappa shape index (κ2) is 4.27. The van der Waals surface area contributed by atoms with Gasteiger partial charge in [0.2, 0.25) is 0 Å². The Morgan fingerprint density at radius 1 is 0.933 bits per heavy atom. The van der Waals surface area contributed by atoms with E-state index in [1.807, 2.05) is 0 Å². The van der Waals surface area contributed by atoms with Crippen molar-refractivity contribution < 1.29 is 5.11 Å². The van der Waals surface area contributed by atoms with Crippen molar-refractivity contribution in [3.05, 3.63) is 0 Å². The third-order valence-corrected chi connectivity index (χ3v) is 5.63. The zero-order valence-corrected chi connectivity index (χ0v) is 10.1. The number of aliphatic hydroxyl groups excluding tert-OH is 1. The molecule has 4 fully saturated rings. The van der Waals surface area contributed by atoms with E-state index < -0.39 is 0 Å². The molecule has 2 atom stereocenters. The molecule has 0 aromatic carbocycles. The highest BCUT2D eigenvalue weighted by atomic mass is 32.2. The van der Waals surface area contributed by atoms with Crippen molar-refractivity contribution in [2.45, 2.75) is 37.8 Å². The highest BCUT2D eigenvalue weighted by Gasteiger charge is 2.44. The van der Waals surface area contributed by atoms with E-state index in [-0.39, 0.29) is 6.10 Å². The van der Waals surface area contributed by atoms with E-state index in [2.05, 4.69) is 16.7 Å². The number of hydrogen-bond acceptors (Lipinski definition) is 3. The molecule has 2 nitrogen and oxygen atoms in total. The van der Waals surface area contributed by atoms with Gasteiger partial charge < -0.3 is 5.11 Å². The molecule has 4 heterocycles. The van der Waals surface area contributed by atoms with Crippen LogP contribution in [0.4, 0.5) is 0 Å². The van der Waals surface area contributed by atoms with Crippen LogP contribution < -0.4 is 0 Å². The third kappa shape index (κ3) is 1.83. The lowest BCUT2D eigenvalue weighted by Gasteiger charge is -2.52. The molecular formula is C12H21NOS. The van der Waals surface area contributed by atoms with Crippen LogP contribution in [0.25, 0.3) is 0 Å². The Kier molecular flexibility index (Phi) is 2.97. The number of aliphatic hydroxyl groups is 1. The highest BCUT2D eigenvalue weighted by molar-refractivity contribution is 7.99. The van der Waals surface area contributed by atoms with Gasteiger partial charge >= 0.3 is 0 Å². The standard InChI is InChI=1S/C12H21NOS/c14-12-10-1-5-13(6-2-10)11(12)9-3-7-15-8-4-9/h9-12,14H,1-8H2. The first-order valence-electron chi connectivity index (χ1n) is 6.36. The summed E-state index contributed by atoms with van der Waals surface area (Å²) >= 11 is 2.08. The Bertz CT molecular complexity index is 220. The second-order valence-corrected chi connectivity index (χ2v) is 6.53. The molecule has 0 spiro atoms. The SMILES string of the molecule is OC1C2CCN(CC2)C1C1CCSCC1. The average Bonchev–Trinajstić information content (AvgIpc) is 2.31. The minimum Gasteiger partial charge on any atom is -0.391 e. The van der Waals surface area contributed by atoms with Crippen molar-refractivity contribution in [1.82, 2.24) is 4.90 Å². The Hall–Kier alpha value is 0.270. The summed E-state index contributed by atoms with van der Waals surface area (Å²) in [6.07, 6.45) is 5.12. The maximum absolute atomic E-state index is 10.4. The van der Waals surface area contributed by atoms with Crippen LogP contribution in [-0.4, -0.2) is 46.7 Å². The number of fused-ring (bicyclic) bond motifs is 3. The predicted octanol–water partition coefficient (Wildman–Crippen LogP) is 1.58. The molecule has 3 heteroatoms. The molecule has 2 bridgehead atoms. The first-order valence-corrected chi connectivity index (χ1v) is 7.51. The Balaban J connectivity index is 1.73. The molecule has 15 heavy (non-hydrogen) atoms. The lowest BCUT2D eigenvalue weighted by molar-refractivity contribution is -0.0943. The highest BCUT2D eigenvalue weighted by Crippen LogP contribution is 2.39. The molecule has 4 aliphatic heterocycles. The molecule has 0 aromatic rings. The molecule has 1 N–H and O–H groups in total. The molecule has 0 aliphatic carbocycles. The van der Waals surface area contributed by atoms with E-state index in [0.29, 0.717) is 12.0 Å². The van der Waals surface area contributed by atoms with E-state index in [9.17, 15) is 5.11 Å². The molecule has 2 unspecified atom stereocenters. The van der Waals surface area contributed by atoms with Crippen LogP contribution in [0, 0.1) is 11.8 Å². The Morgan fingerprint density at radius 2 is 1.60 bits per heavy atom. The lowest BCUT2D eigenvalue weighted by Crippen LogP contribution is -2.60. The van der Waals surface area contributed by atoms with E-state index in [1.165, 1.54) is 50.3 Å².